The van der Waals surface area contributed by atoms with Gasteiger partial charge in [0.1, 0.15) is 11.6 Å². The minimum absolute atomic E-state index is 0.101. The Morgan fingerprint density at radius 1 is 1.24 bits per heavy atom. The fourth-order valence-corrected chi connectivity index (χ4v) is 4.17. The molecule has 1 aliphatic carbocycles. The Morgan fingerprint density at radius 3 is 2.88 bits per heavy atom. The molecular formula is C19H22N4O2. The predicted octanol–water partition coefficient (Wildman–Crippen LogP) is 2.45. The first kappa shape index (κ1) is 16.0. The minimum Gasteiger partial charge on any atom is -0.465 e. The van der Waals surface area contributed by atoms with Crippen molar-refractivity contribution in [2.75, 3.05) is 25.1 Å². The number of hydrogen-bond donors (Lipinski definition) is 0. The molecule has 2 aromatic rings. The average molecular weight is 338 g/mol. The zero-order valence-corrected chi connectivity index (χ0v) is 14.7. The van der Waals surface area contributed by atoms with Crippen molar-refractivity contribution in [3.63, 3.8) is 0 Å². The van der Waals surface area contributed by atoms with E-state index in [0.717, 1.165) is 50.4 Å². The molecule has 6 nitrogen and oxygen atoms in total. The van der Waals surface area contributed by atoms with Gasteiger partial charge in [0, 0.05) is 30.9 Å². The maximum Gasteiger partial charge on any atom is 0.339 e. The lowest BCUT2D eigenvalue weighted by molar-refractivity contribution is 0.0600. The molecule has 2 aromatic heterocycles. The van der Waals surface area contributed by atoms with Crippen LogP contribution in [0.25, 0.3) is 0 Å². The van der Waals surface area contributed by atoms with Gasteiger partial charge >= 0.3 is 5.97 Å². The second-order valence-corrected chi connectivity index (χ2v) is 6.99. The van der Waals surface area contributed by atoms with Gasteiger partial charge in [0.2, 0.25) is 0 Å². The Kier molecular flexibility index (Phi) is 3.90. The van der Waals surface area contributed by atoms with E-state index in [1.165, 1.54) is 18.4 Å². The Hall–Kier alpha value is -2.50. The van der Waals surface area contributed by atoms with Crippen LogP contribution >= 0.6 is 0 Å². The second kappa shape index (κ2) is 6.10. The molecule has 0 amide bonds. The summed E-state index contributed by atoms with van der Waals surface area (Å²) in [5, 5.41) is 0. The number of ether oxygens (including phenoxy) is 1. The van der Waals surface area contributed by atoms with Crippen LogP contribution in [0.15, 0.2) is 24.5 Å². The van der Waals surface area contributed by atoms with Crippen LogP contribution < -0.4 is 4.90 Å². The highest BCUT2D eigenvalue weighted by molar-refractivity contribution is 5.89. The summed E-state index contributed by atoms with van der Waals surface area (Å²) in [4.78, 5) is 27.5. The molecule has 0 radical (unpaired) electrons. The molecule has 0 aromatic carbocycles. The van der Waals surface area contributed by atoms with E-state index in [0.29, 0.717) is 5.56 Å². The molecule has 0 bridgehead atoms. The van der Waals surface area contributed by atoms with Gasteiger partial charge in [-0.2, -0.15) is 0 Å². The fraction of sp³-hybridized carbons (Fsp3) is 0.474. The first-order valence-electron chi connectivity index (χ1n) is 8.74. The van der Waals surface area contributed by atoms with Crippen molar-refractivity contribution in [3.05, 3.63) is 47.2 Å². The summed E-state index contributed by atoms with van der Waals surface area (Å²) < 4.78 is 4.74. The van der Waals surface area contributed by atoms with Crippen LogP contribution in [0.2, 0.25) is 0 Å². The van der Waals surface area contributed by atoms with Gasteiger partial charge in [-0.3, -0.25) is 0 Å². The van der Waals surface area contributed by atoms with Gasteiger partial charge in [-0.1, -0.05) is 0 Å². The standard InChI is InChI=1S/C19H22N4O2/c1-13-20-10-14-6-8-19(17(14)22-13)7-3-9-23(12-19)16-5-4-15(11-21-16)18(24)25-2/h4-5,10-11H,3,6-9,12H2,1-2H3. The number of hydrogen-bond acceptors (Lipinski definition) is 6. The molecule has 2 aliphatic rings. The normalized spacial score (nSPS) is 22.1. The maximum absolute atomic E-state index is 11.6. The van der Waals surface area contributed by atoms with Gasteiger partial charge in [0.15, 0.2) is 0 Å². The van der Waals surface area contributed by atoms with E-state index >= 15 is 0 Å². The molecule has 1 unspecified atom stereocenters. The van der Waals surface area contributed by atoms with Crippen molar-refractivity contribution < 1.29 is 9.53 Å². The van der Waals surface area contributed by atoms with Crippen molar-refractivity contribution >= 4 is 11.8 Å². The Balaban J connectivity index is 1.60. The van der Waals surface area contributed by atoms with Gasteiger partial charge in [-0.05, 0) is 50.3 Å². The predicted molar refractivity (Wildman–Crippen MR) is 93.8 cm³/mol. The van der Waals surface area contributed by atoms with E-state index in [1.807, 2.05) is 19.2 Å². The van der Waals surface area contributed by atoms with Crippen LogP contribution in [-0.4, -0.2) is 41.1 Å². The number of anilines is 1. The van der Waals surface area contributed by atoms with Crippen LogP contribution in [-0.2, 0) is 16.6 Å². The Morgan fingerprint density at radius 2 is 2.12 bits per heavy atom. The van der Waals surface area contributed by atoms with Crippen LogP contribution in [0.1, 0.15) is 46.7 Å². The smallest absolute Gasteiger partial charge is 0.339 e. The number of esters is 1. The Bertz CT molecular complexity index is 802. The van der Waals surface area contributed by atoms with Crippen molar-refractivity contribution in [1.29, 1.82) is 0 Å². The largest absolute Gasteiger partial charge is 0.465 e. The number of carbonyl (C=O) groups is 1. The van der Waals surface area contributed by atoms with E-state index in [2.05, 4.69) is 14.9 Å². The highest BCUT2D eigenvalue weighted by Gasteiger charge is 2.43. The number of fused-ring (bicyclic) bond motifs is 2. The van der Waals surface area contributed by atoms with Gasteiger partial charge in [0.05, 0.1) is 18.4 Å². The molecule has 130 valence electrons. The van der Waals surface area contributed by atoms with Crippen LogP contribution in [0, 0.1) is 6.92 Å². The SMILES string of the molecule is COC(=O)c1ccc(N2CCCC3(CCc4cnc(C)nc43)C2)nc1. The summed E-state index contributed by atoms with van der Waals surface area (Å²) in [7, 11) is 1.38. The average Bonchev–Trinajstić information content (AvgIpc) is 2.98. The lowest BCUT2D eigenvalue weighted by atomic mass is 9.77. The number of rotatable bonds is 2. The number of aryl methyl sites for hydroxylation is 2. The van der Waals surface area contributed by atoms with Gasteiger partial charge in [-0.15, -0.1) is 0 Å². The molecule has 1 fully saturated rings. The lowest BCUT2D eigenvalue weighted by Crippen LogP contribution is -2.45. The maximum atomic E-state index is 11.6. The summed E-state index contributed by atoms with van der Waals surface area (Å²) in [6.45, 7) is 3.85. The lowest BCUT2D eigenvalue weighted by Gasteiger charge is -2.41. The van der Waals surface area contributed by atoms with Crippen molar-refractivity contribution in [1.82, 2.24) is 15.0 Å². The number of carbonyl (C=O) groups excluding carboxylic acids is 1. The van der Waals surface area contributed by atoms with Gasteiger partial charge in [0.25, 0.3) is 0 Å². The number of pyridine rings is 1. The molecule has 1 saturated heterocycles. The molecule has 6 heteroatoms. The van der Waals surface area contributed by atoms with Crippen molar-refractivity contribution in [2.45, 2.75) is 38.0 Å². The van der Waals surface area contributed by atoms with Crippen LogP contribution in [0.3, 0.4) is 0 Å². The van der Waals surface area contributed by atoms with Crippen molar-refractivity contribution in [2.24, 2.45) is 0 Å². The molecule has 1 atom stereocenters. The number of aromatic nitrogens is 3. The number of piperidine rings is 1. The summed E-state index contributed by atoms with van der Waals surface area (Å²) in [5.41, 5.74) is 3.11. The molecule has 1 spiro atoms. The molecule has 1 aliphatic heterocycles. The molecule has 0 saturated carbocycles. The summed E-state index contributed by atoms with van der Waals surface area (Å²) in [6, 6.07) is 3.69. The van der Waals surface area contributed by atoms with E-state index in [9.17, 15) is 4.79 Å². The molecule has 3 heterocycles. The summed E-state index contributed by atoms with van der Waals surface area (Å²) in [6.07, 6.45) is 8.04. The molecular weight excluding hydrogens is 316 g/mol. The monoisotopic (exact) mass is 338 g/mol. The number of methoxy groups -OCH3 is 1. The third-order valence-electron chi connectivity index (χ3n) is 5.43. The fourth-order valence-electron chi connectivity index (χ4n) is 4.17. The van der Waals surface area contributed by atoms with E-state index in [1.54, 1.807) is 12.3 Å². The Labute approximate surface area is 147 Å². The van der Waals surface area contributed by atoms with E-state index < -0.39 is 0 Å². The van der Waals surface area contributed by atoms with Crippen LogP contribution in [0.4, 0.5) is 5.82 Å². The van der Waals surface area contributed by atoms with Crippen LogP contribution in [0.5, 0.6) is 0 Å². The number of nitrogens with zero attached hydrogens (tertiary/aromatic N) is 4. The first-order valence-corrected chi connectivity index (χ1v) is 8.74. The van der Waals surface area contributed by atoms with E-state index in [4.69, 9.17) is 9.72 Å². The zero-order valence-electron chi connectivity index (χ0n) is 14.7. The minimum atomic E-state index is -0.356. The van der Waals surface area contributed by atoms with Crippen molar-refractivity contribution in [3.8, 4) is 0 Å². The molecule has 25 heavy (non-hydrogen) atoms. The molecule has 4 rings (SSSR count). The first-order chi connectivity index (χ1) is 12.1. The second-order valence-electron chi connectivity index (χ2n) is 6.99. The summed E-state index contributed by atoms with van der Waals surface area (Å²) >= 11 is 0. The highest BCUT2D eigenvalue weighted by atomic mass is 16.5. The summed E-state index contributed by atoms with van der Waals surface area (Å²) in [5.74, 6) is 1.40. The molecule has 0 N–H and O–H groups in total. The van der Waals surface area contributed by atoms with E-state index in [-0.39, 0.29) is 11.4 Å². The van der Waals surface area contributed by atoms with Gasteiger partial charge < -0.3 is 9.64 Å². The third kappa shape index (κ3) is 2.75. The topological polar surface area (TPSA) is 68.2 Å². The highest BCUT2D eigenvalue weighted by Crippen LogP contribution is 2.44. The third-order valence-corrected chi connectivity index (χ3v) is 5.43. The van der Waals surface area contributed by atoms with Gasteiger partial charge in [-0.25, -0.2) is 19.7 Å². The quantitative estimate of drug-likeness (QED) is 0.784. The zero-order chi connectivity index (χ0) is 17.4.